The lowest BCUT2D eigenvalue weighted by molar-refractivity contribution is 0.0693. The van der Waals surface area contributed by atoms with Crippen LogP contribution in [0, 0.1) is 0 Å². The first-order valence-corrected chi connectivity index (χ1v) is 8.85. The van der Waals surface area contributed by atoms with Crippen molar-refractivity contribution in [3.8, 4) is 0 Å². The Labute approximate surface area is 123 Å². The summed E-state index contributed by atoms with van der Waals surface area (Å²) in [4.78, 5) is 18.4. The van der Waals surface area contributed by atoms with Gasteiger partial charge in [0.1, 0.15) is 5.69 Å². The van der Waals surface area contributed by atoms with Crippen LogP contribution in [0.15, 0.2) is 6.20 Å². The number of hydrogen-bond donors (Lipinski definition) is 1. The number of aromatic nitrogens is 2. The van der Waals surface area contributed by atoms with Crippen molar-refractivity contribution in [2.75, 3.05) is 44.3 Å². The van der Waals surface area contributed by atoms with Gasteiger partial charge in [0.05, 0.1) is 6.26 Å². The zero-order valence-corrected chi connectivity index (χ0v) is 12.8. The van der Waals surface area contributed by atoms with Gasteiger partial charge in [-0.15, -0.1) is 0 Å². The van der Waals surface area contributed by atoms with Crippen LogP contribution < -0.4 is 5.32 Å². The van der Waals surface area contributed by atoms with Crippen LogP contribution in [0.3, 0.4) is 0 Å². The van der Waals surface area contributed by atoms with Gasteiger partial charge in [-0.1, -0.05) is 0 Å². The van der Waals surface area contributed by atoms with E-state index in [9.17, 15) is 13.2 Å². The molecule has 0 saturated carbocycles. The van der Waals surface area contributed by atoms with Gasteiger partial charge in [0, 0.05) is 45.5 Å². The van der Waals surface area contributed by atoms with Crippen LogP contribution in [0.4, 0.5) is 5.95 Å². The number of aryl methyl sites for hydroxylation is 1. The van der Waals surface area contributed by atoms with Crippen LogP contribution in [0.5, 0.6) is 0 Å². The van der Waals surface area contributed by atoms with E-state index >= 15 is 0 Å². The third kappa shape index (κ3) is 2.88. The van der Waals surface area contributed by atoms with Gasteiger partial charge in [-0.05, 0) is 6.42 Å². The van der Waals surface area contributed by atoms with Crippen molar-refractivity contribution in [2.24, 2.45) is 0 Å². The number of nitrogens with one attached hydrogen (secondary N) is 1. The Morgan fingerprint density at radius 3 is 2.57 bits per heavy atom. The lowest BCUT2D eigenvalue weighted by atomic mass is 10.3. The molecule has 0 atom stereocenters. The van der Waals surface area contributed by atoms with E-state index in [1.807, 2.05) is 4.57 Å². The molecule has 2 aliphatic heterocycles. The van der Waals surface area contributed by atoms with E-state index in [2.05, 4.69) is 10.3 Å². The fourth-order valence-electron chi connectivity index (χ4n) is 2.66. The van der Waals surface area contributed by atoms with E-state index in [1.54, 1.807) is 11.1 Å². The van der Waals surface area contributed by atoms with Crippen molar-refractivity contribution < 1.29 is 13.2 Å². The topological polar surface area (TPSA) is 87.5 Å². The summed E-state index contributed by atoms with van der Waals surface area (Å²) in [6.45, 7) is 3.23. The van der Waals surface area contributed by atoms with Gasteiger partial charge in [0.25, 0.3) is 5.91 Å². The summed E-state index contributed by atoms with van der Waals surface area (Å²) >= 11 is 0. The molecule has 0 aromatic carbocycles. The number of piperazine rings is 1. The van der Waals surface area contributed by atoms with Gasteiger partial charge < -0.3 is 14.8 Å². The highest BCUT2D eigenvalue weighted by Gasteiger charge is 2.28. The first-order valence-electron chi connectivity index (χ1n) is 7.00. The molecule has 0 unspecified atom stereocenters. The molecule has 3 rings (SSSR count). The quantitative estimate of drug-likeness (QED) is 0.789. The maximum atomic E-state index is 12.4. The minimum atomic E-state index is -3.18. The molecule has 0 aliphatic carbocycles. The summed E-state index contributed by atoms with van der Waals surface area (Å²) in [5.74, 6) is 0.603. The zero-order chi connectivity index (χ0) is 15.0. The van der Waals surface area contributed by atoms with Crippen LogP contribution in [-0.2, 0) is 16.6 Å². The molecule has 1 aromatic rings. The minimum absolute atomic E-state index is 0.133. The Morgan fingerprint density at radius 1 is 1.24 bits per heavy atom. The molecule has 1 saturated heterocycles. The molecule has 1 amide bonds. The SMILES string of the molecule is CS(=O)(=O)N1CCN(C(=O)c2cn3c(n2)NCCC3)CC1. The molecular weight excluding hydrogens is 294 g/mol. The molecule has 8 nitrogen and oxygen atoms in total. The Balaban J connectivity index is 1.68. The Morgan fingerprint density at radius 2 is 1.95 bits per heavy atom. The zero-order valence-electron chi connectivity index (χ0n) is 11.9. The summed E-state index contributed by atoms with van der Waals surface area (Å²) in [7, 11) is -3.18. The predicted molar refractivity (Wildman–Crippen MR) is 77.7 cm³/mol. The Bertz CT molecular complexity index is 622. The van der Waals surface area contributed by atoms with Crippen LogP contribution in [0.25, 0.3) is 0 Å². The van der Waals surface area contributed by atoms with Crippen molar-refractivity contribution in [1.82, 2.24) is 18.8 Å². The molecule has 0 bridgehead atoms. The maximum absolute atomic E-state index is 12.4. The summed E-state index contributed by atoms with van der Waals surface area (Å²) in [6, 6.07) is 0. The first kappa shape index (κ1) is 14.3. The van der Waals surface area contributed by atoms with Gasteiger partial charge in [0.15, 0.2) is 0 Å². The fourth-order valence-corrected chi connectivity index (χ4v) is 3.49. The lowest BCUT2D eigenvalue weighted by Crippen LogP contribution is -2.50. The molecule has 2 aliphatic rings. The number of imidazole rings is 1. The van der Waals surface area contributed by atoms with Crippen LogP contribution in [0.1, 0.15) is 16.9 Å². The molecule has 21 heavy (non-hydrogen) atoms. The highest BCUT2D eigenvalue weighted by Crippen LogP contribution is 2.16. The van der Waals surface area contributed by atoms with Crippen molar-refractivity contribution in [3.05, 3.63) is 11.9 Å². The average Bonchev–Trinajstić information content (AvgIpc) is 2.89. The lowest BCUT2D eigenvalue weighted by Gasteiger charge is -2.32. The van der Waals surface area contributed by atoms with Crippen LogP contribution >= 0.6 is 0 Å². The molecule has 116 valence electrons. The number of carbonyl (C=O) groups excluding carboxylic acids is 1. The summed E-state index contributed by atoms with van der Waals surface area (Å²) in [5.41, 5.74) is 0.423. The number of hydrogen-bond acceptors (Lipinski definition) is 5. The number of anilines is 1. The van der Waals surface area contributed by atoms with E-state index in [0.717, 1.165) is 25.5 Å². The van der Waals surface area contributed by atoms with Crippen LogP contribution in [-0.4, -0.2) is 72.1 Å². The molecule has 9 heteroatoms. The summed E-state index contributed by atoms with van der Waals surface area (Å²) in [5, 5.41) is 3.16. The second kappa shape index (κ2) is 5.30. The molecule has 1 N–H and O–H groups in total. The molecule has 3 heterocycles. The highest BCUT2D eigenvalue weighted by molar-refractivity contribution is 7.88. The number of fused-ring (bicyclic) bond motifs is 1. The molecule has 1 aromatic heterocycles. The number of rotatable bonds is 2. The van der Waals surface area contributed by atoms with E-state index in [-0.39, 0.29) is 5.91 Å². The highest BCUT2D eigenvalue weighted by atomic mass is 32.2. The predicted octanol–water partition coefficient (Wildman–Crippen LogP) is -0.584. The van der Waals surface area contributed by atoms with Crippen LogP contribution in [0.2, 0.25) is 0 Å². The summed E-state index contributed by atoms with van der Waals surface area (Å²) in [6.07, 6.45) is 3.98. The minimum Gasteiger partial charge on any atom is -0.356 e. The summed E-state index contributed by atoms with van der Waals surface area (Å²) < 4.78 is 26.3. The maximum Gasteiger partial charge on any atom is 0.274 e. The third-order valence-corrected chi connectivity index (χ3v) is 5.15. The Hall–Kier alpha value is -1.61. The van der Waals surface area contributed by atoms with Gasteiger partial charge >= 0.3 is 0 Å². The number of amides is 1. The smallest absolute Gasteiger partial charge is 0.274 e. The normalized spacial score (nSPS) is 20.0. The van der Waals surface area contributed by atoms with Gasteiger partial charge in [-0.2, -0.15) is 4.31 Å². The molecular formula is C12H19N5O3S. The van der Waals surface area contributed by atoms with E-state index < -0.39 is 10.0 Å². The first-order chi connectivity index (χ1) is 9.95. The molecule has 0 spiro atoms. The van der Waals surface area contributed by atoms with Crippen molar-refractivity contribution >= 4 is 21.9 Å². The molecule has 1 fully saturated rings. The largest absolute Gasteiger partial charge is 0.356 e. The third-order valence-electron chi connectivity index (χ3n) is 3.85. The Kier molecular flexibility index (Phi) is 3.62. The van der Waals surface area contributed by atoms with E-state index in [4.69, 9.17) is 0 Å². The van der Waals surface area contributed by atoms with E-state index in [1.165, 1.54) is 10.6 Å². The van der Waals surface area contributed by atoms with Gasteiger partial charge in [-0.25, -0.2) is 13.4 Å². The number of nitrogens with zero attached hydrogens (tertiary/aromatic N) is 4. The van der Waals surface area contributed by atoms with Crippen molar-refractivity contribution in [2.45, 2.75) is 13.0 Å². The number of carbonyl (C=O) groups is 1. The average molecular weight is 313 g/mol. The molecule has 0 radical (unpaired) electrons. The monoisotopic (exact) mass is 313 g/mol. The standard InChI is InChI=1S/C12H19N5O3S/c1-21(19,20)17-7-5-15(6-8-17)11(18)10-9-16-4-2-3-13-12(16)14-10/h9H,2-8H2,1H3,(H,13,14). The second-order valence-electron chi connectivity index (χ2n) is 5.38. The van der Waals surface area contributed by atoms with Crippen molar-refractivity contribution in [3.63, 3.8) is 0 Å². The van der Waals surface area contributed by atoms with E-state index in [0.29, 0.717) is 31.9 Å². The fraction of sp³-hybridized carbons (Fsp3) is 0.667. The number of sulfonamides is 1. The van der Waals surface area contributed by atoms with Crippen molar-refractivity contribution in [1.29, 1.82) is 0 Å². The van der Waals surface area contributed by atoms with Gasteiger partial charge in [-0.3, -0.25) is 4.79 Å². The second-order valence-corrected chi connectivity index (χ2v) is 7.36. The van der Waals surface area contributed by atoms with Gasteiger partial charge in [0.2, 0.25) is 16.0 Å².